The molecular weight excluding hydrogens is 487 g/mol. The molecule has 7 nitrogen and oxygen atoms in total. The molecule has 0 aliphatic rings. The molecule has 0 aliphatic carbocycles. The number of amides is 1. The molecule has 0 radical (unpaired) electrons. The fourth-order valence-electron chi connectivity index (χ4n) is 2.67. The van der Waals surface area contributed by atoms with E-state index in [1.807, 2.05) is 6.07 Å². The SMILES string of the molecule is COc1ccc(S(=O)(=O)Oc2cccc(/C=C(\C#N)C(=O)Nc3cc(Cl)ccc3Cl)c2)cc1. The van der Waals surface area contributed by atoms with E-state index in [-0.39, 0.29) is 26.9 Å². The van der Waals surface area contributed by atoms with Crippen molar-refractivity contribution in [1.29, 1.82) is 5.26 Å². The normalized spacial score (nSPS) is 11.4. The Balaban J connectivity index is 1.81. The second-order valence-electron chi connectivity index (χ2n) is 6.53. The number of nitriles is 1. The maximum absolute atomic E-state index is 12.5. The van der Waals surface area contributed by atoms with Crippen LogP contribution in [0.25, 0.3) is 6.08 Å². The van der Waals surface area contributed by atoms with Gasteiger partial charge in [-0.05, 0) is 66.2 Å². The number of methoxy groups -OCH3 is 1. The number of halogens is 2. The Morgan fingerprint density at radius 2 is 1.76 bits per heavy atom. The zero-order valence-corrected chi connectivity index (χ0v) is 19.4. The third kappa shape index (κ3) is 6.26. The first-order chi connectivity index (χ1) is 15.7. The molecule has 1 amide bonds. The predicted octanol–water partition coefficient (Wildman–Crippen LogP) is 5.32. The highest BCUT2D eigenvalue weighted by molar-refractivity contribution is 7.87. The van der Waals surface area contributed by atoms with Crippen molar-refractivity contribution >= 4 is 51.0 Å². The van der Waals surface area contributed by atoms with Crippen LogP contribution in [0, 0.1) is 11.3 Å². The van der Waals surface area contributed by atoms with Gasteiger partial charge in [-0.3, -0.25) is 4.79 Å². The van der Waals surface area contributed by atoms with Crippen molar-refractivity contribution in [1.82, 2.24) is 0 Å². The lowest BCUT2D eigenvalue weighted by Gasteiger charge is -2.09. The van der Waals surface area contributed by atoms with Gasteiger partial charge in [-0.2, -0.15) is 13.7 Å². The first kappa shape index (κ1) is 24.1. The molecule has 0 aliphatic heterocycles. The number of rotatable bonds is 7. The number of carbonyl (C=O) groups is 1. The fraction of sp³-hybridized carbons (Fsp3) is 0.0435. The van der Waals surface area contributed by atoms with E-state index in [2.05, 4.69) is 5.32 Å². The number of hydrogen-bond acceptors (Lipinski definition) is 6. The van der Waals surface area contributed by atoms with Gasteiger partial charge >= 0.3 is 10.1 Å². The van der Waals surface area contributed by atoms with E-state index in [4.69, 9.17) is 32.1 Å². The maximum Gasteiger partial charge on any atom is 0.339 e. The Labute approximate surface area is 200 Å². The second-order valence-corrected chi connectivity index (χ2v) is 8.92. The number of anilines is 1. The van der Waals surface area contributed by atoms with Crippen LogP contribution in [-0.2, 0) is 14.9 Å². The van der Waals surface area contributed by atoms with Gasteiger partial charge in [0.25, 0.3) is 5.91 Å². The van der Waals surface area contributed by atoms with E-state index in [0.717, 1.165) is 0 Å². The lowest BCUT2D eigenvalue weighted by molar-refractivity contribution is -0.112. The van der Waals surface area contributed by atoms with Crippen molar-refractivity contribution in [2.75, 3.05) is 12.4 Å². The highest BCUT2D eigenvalue weighted by atomic mass is 35.5. The largest absolute Gasteiger partial charge is 0.497 e. The Morgan fingerprint density at radius 3 is 2.42 bits per heavy atom. The summed E-state index contributed by atoms with van der Waals surface area (Å²) >= 11 is 12.0. The van der Waals surface area contributed by atoms with Crippen molar-refractivity contribution in [3.8, 4) is 17.6 Å². The quantitative estimate of drug-likeness (QED) is 0.266. The number of ether oxygens (including phenoxy) is 1. The molecule has 0 fully saturated rings. The van der Waals surface area contributed by atoms with E-state index in [1.54, 1.807) is 12.1 Å². The zero-order chi connectivity index (χ0) is 24.0. The minimum atomic E-state index is -4.10. The highest BCUT2D eigenvalue weighted by Crippen LogP contribution is 2.26. The van der Waals surface area contributed by atoms with Gasteiger partial charge in [0.05, 0.1) is 17.8 Å². The zero-order valence-electron chi connectivity index (χ0n) is 17.1. The minimum absolute atomic E-state index is 0.00940. The summed E-state index contributed by atoms with van der Waals surface area (Å²) < 4.78 is 35.3. The summed E-state index contributed by atoms with van der Waals surface area (Å²) in [5.41, 5.74) is 0.389. The number of benzene rings is 3. The summed E-state index contributed by atoms with van der Waals surface area (Å²) in [6.45, 7) is 0. The predicted molar refractivity (Wildman–Crippen MR) is 126 cm³/mol. The van der Waals surface area contributed by atoms with Gasteiger partial charge in [0.2, 0.25) is 0 Å². The van der Waals surface area contributed by atoms with Gasteiger partial charge in [0.15, 0.2) is 0 Å². The van der Waals surface area contributed by atoms with E-state index in [1.165, 1.54) is 67.8 Å². The van der Waals surface area contributed by atoms with E-state index in [0.29, 0.717) is 16.3 Å². The number of nitrogens with one attached hydrogen (secondary N) is 1. The monoisotopic (exact) mass is 502 g/mol. The Kier molecular flexibility index (Phi) is 7.61. The first-order valence-corrected chi connectivity index (χ1v) is 11.4. The number of carbonyl (C=O) groups excluding carboxylic acids is 1. The van der Waals surface area contributed by atoms with Gasteiger partial charge < -0.3 is 14.2 Å². The van der Waals surface area contributed by atoms with Crippen LogP contribution in [0.5, 0.6) is 11.5 Å². The molecule has 10 heteroatoms. The molecule has 0 atom stereocenters. The van der Waals surface area contributed by atoms with Crippen LogP contribution in [0.2, 0.25) is 10.0 Å². The molecule has 3 aromatic carbocycles. The maximum atomic E-state index is 12.5. The topological polar surface area (TPSA) is 105 Å². The van der Waals surface area contributed by atoms with Crippen molar-refractivity contribution in [3.63, 3.8) is 0 Å². The van der Waals surface area contributed by atoms with Crippen LogP contribution in [-0.4, -0.2) is 21.4 Å². The van der Waals surface area contributed by atoms with Crippen LogP contribution in [0.3, 0.4) is 0 Å². The molecule has 0 saturated carbocycles. The highest BCUT2D eigenvalue weighted by Gasteiger charge is 2.17. The third-order valence-electron chi connectivity index (χ3n) is 4.26. The standard InChI is InChI=1S/C23H16Cl2N2O5S/c1-31-18-6-8-20(9-7-18)33(29,30)32-19-4-2-3-15(12-19)11-16(14-26)23(28)27-22-13-17(24)5-10-21(22)25/h2-13H,1H3,(H,27,28)/b16-11+. The molecule has 0 heterocycles. The lowest BCUT2D eigenvalue weighted by atomic mass is 10.1. The van der Waals surface area contributed by atoms with Crippen LogP contribution >= 0.6 is 23.2 Å². The smallest absolute Gasteiger partial charge is 0.339 e. The van der Waals surface area contributed by atoms with E-state index >= 15 is 0 Å². The van der Waals surface area contributed by atoms with Crippen LogP contribution in [0.1, 0.15) is 5.56 Å². The van der Waals surface area contributed by atoms with Gasteiger partial charge in [-0.1, -0.05) is 35.3 Å². The number of nitrogens with zero attached hydrogens (tertiary/aromatic N) is 1. The molecule has 3 rings (SSSR count). The van der Waals surface area contributed by atoms with Crippen LogP contribution in [0.4, 0.5) is 5.69 Å². The van der Waals surface area contributed by atoms with Gasteiger partial charge in [-0.25, -0.2) is 0 Å². The van der Waals surface area contributed by atoms with E-state index < -0.39 is 16.0 Å². The van der Waals surface area contributed by atoms with Crippen molar-refractivity contribution < 1.29 is 22.1 Å². The molecule has 0 aromatic heterocycles. The summed E-state index contributed by atoms with van der Waals surface area (Å²) in [6, 6.07) is 18.0. The Hall–Kier alpha value is -3.51. The van der Waals surface area contributed by atoms with Gasteiger partial charge in [0, 0.05) is 5.02 Å². The molecule has 0 bridgehead atoms. The van der Waals surface area contributed by atoms with Gasteiger partial charge in [0.1, 0.15) is 28.0 Å². The first-order valence-electron chi connectivity index (χ1n) is 9.28. The van der Waals surface area contributed by atoms with Gasteiger partial charge in [-0.15, -0.1) is 0 Å². The Bertz CT molecular complexity index is 1360. The number of hydrogen-bond donors (Lipinski definition) is 1. The van der Waals surface area contributed by atoms with Crippen LogP contribution < -0.4 is 14.2 Å². The molecule has 1 N–H and O–H groups in total. The molecule has 0 unspecified atom stereocenters. The average molecular weight is 503 g/mol. The summed E-state index contributed by atoms with van der Waals surface area (Å²) in [5, 5.41) is 12.6. The Morgan fingerprint density at radius 1 is 1.03 bits per heavy atom. The van der Waals surface area contributed by atoms with Crippen molar-refractivity contribution in [3.05, 3.63) is 87.9 Å². The molecule has 0 saturated heterocycles. The van der Waals surface area contributed by atoms with Crippen molar-refractivity contribution in [2.45, 2.75) is 4.90 Å². The molecule has 3 aromatic rings. The van der Waals surface area contributed by atoms with Crippen molar-refractivity contribution in [2.24, 2.45) is 0 Å². The summed E-state index contributed by atoms with van der Waals surface area (Å²) in [4.78, 5) is 12.5. The molecule has 0 spiro atoms. The fourth-order valence-corrected chi connectivity index (χ4v) is 3.93. The molecular formula is C23H16Cl2N2O5S. The van der Waals surface area contributed by atoms with Crippen LogP contribution in [0.15, 0.2) is 77.2 Å². The molecule has 33 heavy (non-hydrogen) atoms. The third-order valence-corrected chi connectivity index (χ3v) is 6.09. The average Bonchev–Trinajstić information content (AvgIpc) is 2.79. The summed E-state index contributed by atoms with van der Waals surface area (Å²) in [5.74, 6) is -0.198. The second kappa shape index (κ2) is 10.4. The van der Waals surface area contributed by atoms with E-state index in [9.17, 15) is 18.5 Å². The lowest BCUT2D eigenvalue weighted by Crippen LogP contribution is -2.13. The summed E-state index contributed by atoms with van der Waals surface area (Å²) in [7, 11) is -2.63. The summed E-state index contributed by atoms with van der Waals surface area (Å²) in [6.07, 6.45) is 1.29. The minimum Gasteiger partial charge on any atom is -0.497 e. The molecule has 168 valence electrons.